The number of aromatic amines is 1. The van der Waals surface area contributed by atoms with Crippen LogP contribution in [0, 0.1) is 0 Å². The fraction of sp³-hybridized carbons (Fsp3) is 0.556. The van der Waals surface area contributed by atoms with Gasteiger partial charge in [0.2, 0.25) is 5.95 Å². The highest BCUT2D eigenvalue weighted by Crippen LogP contribution is 2.41. The SMILES string of the molecule is CCOP(=O)(O)COCCn1nnc2c(=O)[nH]c(N)nc21. The third-order valence-corrected chi connectivity index (χ3v) is 3.60. The zero-order valence-corrected chi connectivity index (χ0v) is 12.1. The maximum atomic E-state index is 11.5. The number of H-pyrrole nitrogens is 1. The van der Waals surface area contributed by atoms with E-state index in [0.29, 0.717) is 0 Å². The standard InChI is InChI=1S/C9H15N6O5P/c1-2-20-21(17,18)5-19-4-3-15-7-6(13-14-15)8(16)12-9(10)11-7/h2-5H2,1H3,(H,17,18)(H3,10,11,12,16). The summed E-state index contributed by atoms with van der Waals surface area (Å²) in [6, 6.07) is 0. The number of rotatable bonds is 7. The number of aromatic nitrogens is 5. The molecule has 0 aliphatic rings. The molecule has 0 saturated heterocycles. The summed E-state index contributed by atoms with van der Waals surface area (Å²) < 4.78 is 22.4. The zero-order chi connectivity index (χ0) is 15.5. The van der Waals surface area contributed by atoms with Crippen LogP contribution in [0.3, 0.4) is 0 Å². The maximum Gasteiger partial charge on any atom is 0.353 e. The van der Waals surface area contributed by atoms with Gasteiger partial charge in [-0.25, -0.2) is 4.68 Å². The van der Waals surface area contributed by atoms with Crippen molar-refractivity contribution in [2.75, 3.05) is 25.3 Å². The molecule has 2 aromatic rings. The Labute approximate surface area is 118 Å². The minimum absolute atomic E-state index is 0.0480. The molecule has 1 unspecified atom stereocenters. The van der Waals surface area contributed by atoms with Crippen LogP contribution in [0.5, 0.6) is 0 Å². The molecular formula is C9H15N6O5P. The van der Waals surface area contributed by atoms with E-state index >= 15 is 0 Å². The summed E-state index contributed by atoms with van der Waals surface area (Å²) in [7, 11) is -3.72. The van der Waals surface area contributed by atoms with E-state index in [1.54, 1.807) is 6.92 Å². The number of nitrogen functional groups attached to an aromatic ring is 1. The molecule has 116 valence electrons. The molecule has 4 N–H and O–H groups in total. The quantitative estimate of drug-likeness (QED) is 0.443. The lowest BCUT2D eigenvalue weighted by Crippen LogP contribution is -2.13. The Morgan fingerprint density at radius 3 is 3.00 bits per heavy atom. The van der Waals surface area contributed by atoms with Crippen molar-refractivity contribution in [3.63, 3.8) is 0 Å². The van der Waals surface area contributed by atoms with Gasteiger partial charge in [0, 0.05) is 0 Å². The molecule has 0 radical (unpaired) electrons. The van der Waals surface area contributed by atoms with E-state index in [9.17, 15) is 14.3 Å². The summed E-state index contributed by atoms with van der Waals surface area (Å²) in [5.74, 6) is -0.0480. The highest BCUT2D eigenvalue weighted by atomic mass is 31.2. The van der Waals surface area contributed by atoms with Crippen LogP contribution in [0.4, 0.5) is 5.95 Å². The van der Waals surface area contributed by atoms with E-state index < -0.39 is 19.5 Å². The Hall–Kier alpha value is -1.81. The van der Waals surface area contributed by atoms with Gasteiger partial charge in [0.15, 0.2) is 11.2 Å². The Bertz CT molecular complexity index is 727. The fourth-order valence-electron chi connectivity index (χ4n) is 1.60. The average molecular weight is 318 g/mol. The van der Waals surface area contributed by atoms with Crippen molar-refractivity contribution in [2.24, 2.45) is 0 Å². The summed E-state index contributed by atoms with van der Waals surface area (Å²) in [6.07, 6.45) is -0.427. The predicted molar refractivity (Wildman–Crippen MR) is 72.6 cm³/mol. The van der Waals surface area contributed by atoms with Crippen molar-refractivity contribution >= 4 is 24.7 Å². The topological polar surface area (TPSA) is 158 Å². The minimum atomic E-state index is -3.72. The Kier molecular flexibility index (Phi) is 4.68. The van der Waals surface area contributed by atoms with Crippen molar-refractivity contribution in [2.45, 2.75) is 13.5 Å². The molecule has 2 heterocycles. The van der Waals surface area contributed by atoms with E-state index in [1.807, 2.05) is 0 Å². The van der Waals surface area contributed by atoms with Gasteiger partial charge < -0.3 is 19.9 Å². The first-order valence-corrected chi connectivity index (χ1v) is 7.82. The third-order valence-electron chi connectivity index (χ3n) is 2.42. The van der Waals surface area contributed by atoms with E-state index in [1.165, 1.54) is 4.68 Å². The van der Waals surface area contributed by atoms with Crippen molar-refractivity contribution < 1.29 is 18.7 Å². The molecule has 0 fully saturated rings. The van der Waals surface area contributed by atoms with E-state index in [4.69, 9.17) is 10.5 Å². The predicted octanol–water partition coefficient (Wildman–Crippen LogP) is -0.707. The molecule has 2 aromatic heterocycles. The normalized spacial score (nSPS) is 14.4. The molecule has 0 aromatic carbocycles. The van der Waals surface area contributed by atoms with Gasteiger partial charge in [-0.3, -0.25) is 14.3 Å². The molecule has 0 amide bonds. The third kappa shape index (κ3) is 3.85. The van der Waals surface area contributed by atoms with Crippen LogP contribution in [-0.2, 0) is 20.4 Å². The van der Waals surface area contributed by atoms with E-state index in [2.05, 4.69) is 24.8 Å². The molecule has 0 bridgehead atoms. The number of nitrogens with zero attached hydrogens (tertiary/aromatic N) is 4. The van der Waals surface area contributed by atoms with Crippen molar-refractivity contribution in [3.8, 4) is 0 Å². The minimum Gasteiger partial charge on any atom is -0.369 e. The molecule has 21 heavy (non-hydrogen) atoms. The first-order chi connectivity index (χ1) is 9.93. The average Bonchev–Trinajstić information content (AvgIpc) is 2.78. The Morgan fingerprint density at radius 1 is 1.52 bits per heavy atom. The van der Waals surface area contributed by atoms with Crippen LogP contribution in [0.2, 0.25) is 0 Å². The molecule has 2 rings (SSSR count). The number of anilines is 1. The van der Waals surface area contributed by atoms with Crippen LogP contribution in [0.25, 0.3) is 11.2 Å². The molecule has 0 aliphatic carbocycles. The van der Waals surface area contributed by atoms with Gasteiger partial charge in [-0.15, -0.1) is 5.10 Å². The Balaban J connectivity index is 1.99. The van der Waals surface area contributed by atoms with Crippen LogP contribution >= 0.6 is 7.60 Å². The molecule has 1 atom stereocenters. The van der Waals surface area contributed by atoms with E-state index in [-0.39, 0.29) is 36.9 Å². The monoisotopic (exact) mass is 318 g/mol. The maximum absolute atomic E-state index is 11.5. The van der Waals surface area contributed by atoms with Crippen LogP contribution < -0.4 is 11.3 Å². The number of ether oxygens (including phenoxy) is 1. The van der Waals surface area contributed by atoms with Gasteiger partial charge in [0.05, 0.1) is 19.8 Å². The molecule has 0 saturated carbocycles. The highest BCUT2D eigenvalue weighted by Gasteiger charge is 2.18. The largest absolute Gasteiger partial charge is 0.369 e. The second-order valence-electron chi connectivity index (χ2n) is 4.03. The lowest BCUT2D eigenvalue weighted by molar-refractivity contribution is 0.137. The fourth-order valence-corrected chi connectivity index (χ4v) is 2.44. The summed E-state index contributed by atoms with van der Waals surface area (Å²) in [4.78, 5) is 27.1. The van der Waals surface area contributed by atoms with Crippen molar-refractivity contribution in [1.82, 2.24) is 25.0 Å². The first-order valence-electron chi connectivity index (χ1n) is 6.06. The number of hydrogen-bond acceptors (Lipinski definition) is 8. The summed E-state index contributed by atoms with van der Waals surface area (Å²) >= 11 is 0. The summed E-state index contributed by atoms with van der Waals surface area (Å²) in [6.45, 7) is 2.00. The smallest absolute Gasteiger partial charge is 0.353 e. The van der Waals surface area contributed by atoms with Gasteiger partial charge in [0.25, 0.3) is 5.56 Å². The van der Waals surface area contributed by atoms with Crippen molar-refractivity contribution in [3.05, 3.63) is 10.4 Å². The molecule has 0 spiro atoms. The Morgan fingerprint density at radius 2 is 2.29 bits per heavy atom. The molecule has 12 heteroatoms. The lowest BCUT2D eigenvalue weighted by Gasteiger charge is -2.10. The summed E-state index contributed by atoms with van der Waals surface area (Å²) in [5, 5.41) is 7.44. The van der Waals surface area contributed by atoms with Gasteiger partial charge in [-0.05, 0) is 6.92 Å². The number of hydrogen-bond donors (Lipinski definition) is 3. The molecule has 11 nitrogen and oxygen atoms in total. The van der Waals surface area contributed by atoms with Crippen LogP contribution in [-0.4, -0.2) is 49.4 Å². The highest BCUT2D eigenvalue weighted by molar-refractivity contribution is 7.52. The molecular weight excluding hydrogens is 303 g/mol. The second kappa shape index (κ2) is 6.31. The van der Waals surface area contributed by atoms with Gasteiger partial charge in [-0.1, -0.05) is 5.21 Å². The van der Waals surface area contributed by atoms with E-state index in [0.717, 1.165) is 0 Å². The van der Waals surface area contributed by atoms with Crippen molar-refractivity contribution in [1.29, 1.82) is 0 Å². The van der Waals surface area contributed by atoms with Gasteiger partial charge >= 0.3 is 7.60 Å². The van der Waals surface area contributed by atoms with Crippen LogP contribution in [0.1, 0.15) is 6.92 Å². The summed E-state index contributed by atoms with van der Waals surface area (Å²) in [5.41, 5.74) is 5.24. The lowest BCUT2D eigenvalue weighted by atomic mass is 10.5. The van der Waals surface area contributed by atoms with Gasteiger partial charge in [-0.2, -0.15) is 4.98 Å². The molecule has 0 aliphatic heterocycles. The van der Waals surface area contributed by atoms with Gasteiger partial charge in [0.1, 0.15) is 6.35 Å². The number of nitrogens with one attached hydrogen (secondary N) is 1. The first kappa shape index (κ1) is 15.6. The second-order valence-corrected chi connectivity index (χ2v) is 5.82. The number of fused-ring (bicyclic) bond motifs is 1. The zero-order valence-electron chi connectivity index (χ0n) is 11.2. The van der Waals surface area contributed by atoms with Crippen LogP contribution in [0.15, 0.2) is 4.79 Å². The number of nitrogens with two attached hydrogens (primary N) is 1.